The molecule has 4 fully saturated rings. The largest absolute Gasteiger partial charge is 0.497 e. The van der Waals surface area contributed by atoms with Crippen molar-refractivity contribution in [2.45, 2.75) is 56.7 Å². The van der Waals surface area contributed by atoms with E-state index < -0.39 is 0 Å². The Morgan fingerprint density at radius 1 is 1.03 bits per heavy atom. The first-order valence-electron chi connectivity index (χ1n) is 11.5. The average molecular weight is 398 g/mol. The van der Waals surface area contributed by atoms with Crippen LogP contribution in [-0.2, 0) is 4.79 Å². The van der Waals surface area contributed by atoms with Gasteiger partial charge < -0.3 is 9.64 Å². The number of fused-ring (bicyclic) bond motifs is 4. The van der Waals surface area contributed by atoms with Crippen molar-refractivity contribution in [2.24, 2.45) is 11.8 Å². The second kappa shape index (κ2) is 7.92. The zero-order chi connectivity index (χ0) is 20.0. The van der Waals surface area contributed by atoms with Crippen LogP contribution in [0.3, 0.4) is 0 Å². The standard InChI is InChI=1S/C24H35N3O2/c1-25-12-4-7-23(25)24(28)26-14-17-13-19(16-26)22-6-3-5-21(27(22)15-17)18-8-10-20(29-2)11-9-18/h8-11,17,19,21-23H,3-7,12-16H2,1-2H3/t17-,19+,21+,22-,23-/m0/s1. The van der Waals surface area contributed by atoms with Gasteiger partial charge in [-0.15, -0.1) is 0 Å². The molecule has 0 radical (unpaired) electrons. The van der Waals surface area contributed by atoms with Crippen molar-refractivity contribution in [1.82, 2.24) is 14.7 Å². The van der Waals surface area contributed by atoms with Crippen molar-refractivity contribution >= 4 is 5.91 Å². The molecule has 4 heterocycles. The predicted octanol–water partition coefficient (Wildman–Crippen LogP) is 3.16. The lowest BCUT2D eigenvalue weighted by atomic mass is 9.73. The molecular weight excluding hydrogens is 362 g/mol. The first-order chi connectivity index (χ1) is 14.1. The fourth-order valence-corrected chi connectivity index (χ4v) is 6.61. The fourth-order valence-electron chi connectivity index (χ4n) is 6.61. The van der Waals surface area contributed by atoms with Crippen LogP contribution in [0.15, 0.2) is 24.3 Å². The third-order valence-electron chi connectivity index (χ3n) is 8.00. The molecule has 1 aromatic carbocycles. The van der Waals surface area contributed by atoms with Crippen molar-refractivity contribution < 1.29 is 9.53 Å². The highest BCUT2D eigenvalue weighted by atomic mass is 16.5. The summed E-state index contributed by atoms with van der Waals surface area (Å²) in [6, 6.07) is 9.98. The van der Waals surface area contributed by atoms with E-state index in [0.717, 1.165) is 44.8 Å². The lowest BCUT2D eigenvalue weighted by Crippen LogP contribution is -2.61. The van der Waals surface area contributed by atoms with Crippen LogP contribution in [0.1, 0.15) is 50.1 Å². The van der Waals surface area contributed by atoms with Crippen LogP contribution >= 0.6 is 0 Å². The molecule has 5 heteroatoms. The third kappa shape index (κ3) is 3.57. The van der Waals surface area contributed by atoms with Gasteiger partial charge >= 0.3 is 0 Å². The molecule has 4 aliphatic heterocycles. The third-order valence-corrected chi connectivity index (χ3v) is 8.00. The highest BCUT2D eigenvalue weighted by Gasteiger charge is 2.46. The molecule has 4 saturated heterocycles. The fraction of sp³-hybridized carbons (Fsp3) is 0.708. The summed E-state index contributed by atoms with van der Waals surface area (Å²) in [5, 5.41) is 0. The summed E-state index contributed by atoms with van der Waals surface area (Å²) >= 11 is 0. The van der Waals surface area contributed by atoms with E-state index in [1.54, 1.807) is 7.11 Å². The van der Waals surface area contributed by atoms with Gasteiger partial charge in [0.25, 0.3) is 0 Å². The Labute approximate surface area is 175 Å². The number of likely N-dealkylation sites (tertiary alicyclic amines) is 2. The molecule has 5 atom stereocenters. The van der Waals surface area contributed by atoms with E-state index in [4.69, 9.17) is 4.74 Å². The Morgan fingerprint density at radius 2 is 1.86 bits per heavy atom. The molecule has 1 aromatic rings. The SMILES string of the molecule is COc1ccc([C@H]2CCC[C@H]3[C@@H]4C[C@@H](CN(C(=O)[C@@H]5CCCN5C)C4)CN23)cc1. The monoisotopic (exact) mass is 397 g/mol. The van der Waals surface area contributed by atoms with Crippen LogP contribution in [0.5, 0.6) is 5.75 Å². The molecule has 5 nitrogen and oxygen atoms in total. The van der Waals surface area contributed by atoms with Gasteiger partial charge in [0.05, 0.1) is 13.2 Å². The number of carbonyl (C=O) groups is 1. The Bertz CT molecular complexity index is 736. The molecule has 0 unspecified atom stereocenters. The Hall–Kier alpha value is -1.59. The topological polar surface area (TPSA) is 36.0 Å². The number of benzene rings is 1. The zero-order valence-corrected chi connectivity index (χ0v) is 17.9. The van der Waals surface area contributed by atoms with Crippen molar-refractivity contribution in [3.8, 4) is 5.75 Å². The lowest BCUT2D eigenvalue weighted by molar-refractivity contribution is -0.143. The number of methoxy groups -OCH3 is 1. The van der Waals surface area contributed by atoms with Crippen molar-refractivity contribution in [2.75, 3.05) is 40.3 Å². The first kappa shape index (κ1) is 19.4. The van der Waals surface area contributed by atoms with Crippen LogP contribution < -0.4 is 4.74 Å². The molecule has 0 aromatic heterocycles. The summed E-state index contributed by atoms with van der Waals surface area (Å²) in [5.74, 6) is 2.59. The number of likely N-dealkylation sites (N-methyl/N-ethyl adjacent to an activating group) is 1. The Balaban J connectivity index is 1.32. The van der Waals surface area contributed by atoms with Gasteiger partial charge in [-0.3, -0.25) is 14.6 Å². The molecule has 1 amide bonds. The number of hydrogen-bond acceptors (Lipinski definition) is 4. The summed E-state index contributed by atoms with van der Waals surface area (Å²) in [5.41, 5.74) is 1.43. The first-order valence-corrected chi connectivity index (χ1v) is 11.5. The number of nitrogens with zero attached hydrogens (tertiary/aromatic N) is 3. The highest BCUT2D eigenvalue weighted by molar-refractivity contribution is 5.82. The van der Waals surface area contributed by atoms with Crippen molar-refractivity contribution in [3.63, 3.8) is 0 Å². The number of amides is 1. The lowest BCUT2D eigenvalue weighted by Gasteiger charge is -2.55. The minimum absolute atomic E-state index is 0.128. The quantitative estimate of drug-likeness (QED) is 0.785. The molecule has 29 heavy (non-hydrogen) atoms. The molecule has 158 valence electrons. The molecule has 4 aliphatic rings. The molecule has 5 rings (SSSR count). The minimum Gasteiger partial charge on any atom is -0.497 e. The van der Waals surface area contributed by atoms with Crippen LogP contribution in [0.25, 0.3) is 0 Å². The van der Waals surface area contributed by atoms with E-state index >= 15 is 0 Å². The number of carbonyl (C=O) groups excluding carboxylic acids is 1. The zero-order valence-electron chi connectivity index (χ0n) is 17.9. The molecular formula is C24H35N3O2. The van der Waals surface area contributed by atoms with Gasteiger partial charge in [-0.25, -0.2) is 0 Å². The molecule has 2 bridgehead atoms. The second-order valence-corrected chi connectivity index (χ2v) is 9.73. The van der Waals surface area contributed by atoms with Gasteiger partial charge in [0.15, 0.2) is 0 Å². The molecule has 0 aliphatic carbocycles. The maximum atomic E-state index is 13.2. The van der Waals surface area contributed by atoms with E-state index in [2.05, 4.69) is 46.0 Å². The van der Waals surface area contributed by atoms with Crippen molar-refractivity contribution in [1.29, 1.82) is 0 Å². The van der Waals surface area contributed by atoms with Gasteiger partial charge in [0.2, 0.25) is 5.91 Å². The van der Waals surface area contributed by atoms with Crippen LogP contribution in [0.4, 0.5) is 0 Å². The van der Waals surface area contributed by atoms with Crippen LogP contribution in [0, 0.1) is 11.8 Å². The summed E-state index contributed by atoms with van der Waals surface area (Å²) < 4.78 is 5.35. The summed E-state index contributed by atoms with van der Waals surface area (Å²) in [7, 11) is 3.84. The molecule has 0 saturated carbocycles. The van der Waals surface area contributed by atoms with Crippen LogP contribution in [-0.4, -0.2) is 73.0 Å². The highest BCUT2D eigenvalue weighted by Crippen LogP contribution is 2.44. The number of ether oxygens (including phenoxy) is 1. The van der Waals surface area contributed by atoms with E-state index in [-0.39, 0.29) is 6.04 Å². The smallest absolute Gasteiger partial charge is 0.239 e. The van der Waals surface area contributed by atoms with Crippen molar-refractivity contribution in [3.05, 3.63) is 29.8 Å². The van der Waals surface area contributed by atoms with Gasteiger partial charge in [-0.1, -0.05) is 12.1 Å². The van der Waals surface area contributed by atoms with Gasteiger partial charge in [-0.2, -0.15) is 0 Å². The maximum Gasteiger partial charge on any atom is 0.239 e. The summed E-state index contributed by atoms with van der Waals surface area (Å²) in [6.45, 7) is 4.13. The normalized spacial score (nSPS) is 35.4. The van der Waals surface area contributed by atoms with E-state index in [1.165, 1.54) is 31.2 Å². The van der Waals surface area contributed by atoms with Gasteiger partial charge in [0, 0.05) is 31.7 Å². The second-order valence-electron chi connectivity index (χ2n) is 9.73. The van der Waals surface area contributed by atoms with E-state index in [0.29, 0.717) is 29.8 Å². The average Bonchev–Trinajstić information content (AvgIpc) is 3.18. The molecule has 0 spiro atoms. The van der Waals surface area contributed by atoms with Gasteiger partial charge in [0.1, 0.15) is 5.75 Å². The van der Waals surface area contributed by atoms with E-state index in [1.807, 2.05) is 0 Å². The Kier molecular flexibility index (Phi) is 5.29. The number of rotatable bonds is 3. The van der Waals surface area contributed by atoms with Crippen LogP contribution in [0.2, 0.25) is 0 Å². The summed E-state index contributed by atoms with van der Waals surface area (Å²) in [4.78, 5) is 20.5. The van der Waals surface area contributed by atoms with E-state index in [9.17, 15) is 4.79 Å². The summed E-state index contributed by atoms with van der Waals surface area (Å²) in [6.07, 6.45) is 7.33. The minimum atomic E-state index is 0.128. The number of piperidine rings is 3. The van der Waals surface area contributed by atoms with Gasteiger partial charge in [-0.05, 0) is 81.6 Å². The maximum absolute atomic E-state index is 13.2. The molecule has 0 N–H and O–H groups in total. The Morgan fingerprint density at radius 3 is 2.59 bits per heavy atom. The number of hydrogen-bond donors (Lipinski definition) is 0. The predicted molar refractivity (Wildman–Crippen MR) is 114 cm³/mol.